The monoisotopic (exact) mass is 349 g/mol. The summed E-state index contributed by atoms with van der Waals surface area (Å²) in [7, 11) is 3.16. The highest BCUT2D eigenvalue weighted by molar-refractivity contribution is 7.15. The number of halogens is 3. The van der Waals surface area contributed by atoms with Crippen LogP contribution < -0.4 is 0 Å². The molecule has 2 aromatic heterocycles. The Morgan fingerprint density at radius 2 is 2.17 bits per heavy atom. The second kappa shape index (κ2) is 7.09. The van der Waals surface area contributed by atoms with Crippen molar-refractivity contribution in [2.45, 2.75) is 19.1 Å². The van der Waals surface area contributed by atoms with Crippen LogP contribution in [0.5, 0.6) is 0 Å². The van der Waals surface area contributed by atoms with E-state index in [0.717, 1.165) is 4.88 Å². The summed E-state index contributed by atoms with van der Waals surface area (Å²) in [5.74, 6) is -1.59. The molecular weight excluding hydrogens is 335 g/mol. The van der Waals surface area contributed by atoms with Crippen LogP contribution in [0.3, 0.4) is 0 Å². The van der Waals surface area contributed by atoms with Gasteiger partial charge in [0.05, 0.1) is 24.4 Å². The first-order valence-electron chi connectivity index (χ1n) is 6.54. The van der Waals surface area contributed by atoms with E-state index < -0.39 is 12.1 Å². The van der Waals surface area contributed by atoms with Crippen LogP contribution in [0, 0.1) is 0 Å². The van der Waals surface area contributed by atoms with Gasteiger partial charge in [-0.3, -0.25) is 4.79 Å². The van der Waals surface area contributed by atoms with Crippen molar-refractivity contribution in [1.29, 1.82) is 0 Å². The first-order valence-corrected chi connectivity index (χ1v) is 7.36. The predicted octanol–water partition coefficient (Wildman–Crippen LogP) is 2.81. The SMILES string of the molecule is COCCC(=O)N(C)Cc1ccc(-c2noc(C(F)(F)F)n2)s1. The van der Waals surface area contributed by atoms with Crippen molar-refractivity contribution >= 4 is 17.2 Å². The third kappa shape index (κ3) is 4.52. The number of hydrogen-bond donors (Lipinski definition) is 0. The Hall–Kier alpha value is -1.94. The Balaban J connectivity index is 2.03. The lowest BCUT2D eigenvalue weighted by molar-refractivity contribution is -0.159. The van der Waals surface area contributed by atoms with E-state index in [1.54, 1.807) is 19.2 Å². The number of aromatic nitrogens is 2. The number of rotatable bonds is 6. The first kappa shape index (κ1) is 17.4. The number of hydrogen-bond acceptors (Lipinski definition) is 6. The van der Waals surface area contributed by atoms with Gasteiger partial charge in [0.25, 0.3) is 0 Å². The van der Waals surface area contributed by atoms with Crippen molar-refractivity contribution < 1.29 is 27.2 Å². The van der Waals surface area contributed by atoms with E-state index in [1.165, 1.54) is 23.3 Å². The van der Waals surface area contributed by atoms with Crippen LogP contribution in [0.15, 0.2) is 16.7 Å². The van der Waals surface area contributed by atoms with Crippen molar-refractivity contribution in [3.63, 3.8) is 0 Å². The Morgan fingerprint density at radius 1 is 1.43 bits per heavy atom. The van der Waals surface area contributed by atoms with Crippen molar-refractivity contribution in [2.24, 2.45) is 0 Å². The van der Waals surface area contributed by atoms with Gasteiger partial charge in [-0.25, -0.2) is 0 Å². The van der Waals surface area contributed by atoms with Crippen LogP contribution in [0.25, 0.3) is 10.7 Å². The molecule has 0 unspecified atom stereocenters. The van der Waals surface area contributed by atoms with Gasteiger partial charge in [0.1, 0.15) is 0 Å². The van der Waals surface area contributed by atoms with Crippen LogP contribution in [0.1, 0.15) is 17.2 Å². The van der Waals surface area contributed by atoms with Gasteiger partial charge >= 0.3 is 12.1 Å². The van der Waals surface area contributed by atoms with Crippen LogP contribution in [-0.4, -0.2) is 41.7 Å². The molecule has 0 aromatic carbocycles. The van der Waals surface area contributed by atoms with Crippen LogP contribution in [-0.2, 0) is 22.3 Å². The maximum absolute atomic E-state index is 12.4. The van der Waals surface area contributed by atoms with E-state index in [0.29, 0.717) is 18.0 Å². The zero-order valence-electron chi connectivity index (χ0n) is 12.4. The van der Waals surface area contributed by atoms with Crippen LogP contribution >= 0.6 is 11.3 Å². The van der Waals surface area contributed by atoms with Crippen molar-refractivity contribution in [3.8, 4) is 10.7 Å². The Labute approximate surface area is 133 Å². The second-order valence-electron chi connectivity index (χ2n) is 4.68. The fraction of sp³-hybridized carbons (Fsp3) is 0.462. The number of carbonyl (C=O) groups excluding carboxylic acids is 1. The van der Waals surface area contributed by atoms with Crippen molar-refractivity contribution in [2.75, 3.05) is 20.8 Å². The summed E-state index contributed by atoms with van der Waals surface area (Å²) in [5.41, 5.74) is 0. The quantitative estimate of drug-likeness (QED) is 0.802. The highest BCUT2D eigenvalue weighted by Crippen LogP contribution is 2.31. The molecule has 0 N–H and O–H groups in total. The average molecular weight is 349 g/mol. The van der Waals surface area contributed by atoms with Gasteiger partial charge in [-0.2, -0.15) is 18.2 Å². The maximum Gasteiger partial charge on any atom is 0.471 e. The molecule has 0 saturated heterocycles. The molecule has 6 nitrogen and oxygen atoms in total. The summed E-state index contributed by atoms with van der Waals surface area (Å²) in [4.78, 5) is 17.9. The minimum atomic E-state index is -4.67. The normalized spacial score (nSPS) is 11.7. The van der Waals surface area contributed by atoms with Gasteiger partial charge in [0, 0.05) is 19.0 Å². The van der Waals surface area contributed by atoms with Gasteiger partial charge in [-0.05, 0) is 12.1 Å². The van der Waals surface area contributed by atoms with Crippen molar-refractivity contribution in [1.82, 2.24) is 15.0 Å². The summed E-state index contributed by atoms with van der Waals surface area (Å²) in [6, 6.07) is 3.31. The second-order valence-corrected chi connectivity index (χ2v) is 5.85. The molecule has 1 amide bonds. The van der Waals surface area contributed by atoms with Crippen molar-refractivity contribution in [3.05, 3.63) is 22.9 Å². The number of amides is 1. The van der Waals surface area contributed by atoms with Gasteiger partial charge < -0.3 is 14.2 Å². The molecule has 2 heterocycles. The largest absolute Gasteiger partial charge is 0.471 e. The number of carbonyl (C=O) groups is 1. The minimum Gasteiger partial charge on any atom is -0.384 e. The fourth-order valence-electron chi connectivity index (χ4n) is 1.72. The van der Waals surface area contributed by atoms with Crippen LogP contribution in [0.2, 0.25) is 0 Å². The smallest absolute Gasteiger partial charge is 0.384 e. The molecule has 126 valence electrons. The highest BCUT2D eigenvalue weighted by atomic mass is 32.1. The van der Waals surface area contributed by atoms with E-state index in [9.17, 15) is 18.0 Å². The molecule has 2 rings (SSSR count). The molecule has 0 spiro atoms. The van der Waals surface area contributed by atoms with E-state index >= 15 is 0 Å². The van der Waals surface area contributed by atoms with Gasteiger partial charge in [0.15, 0.2) is 0 Å². The van der Waals surface area contributed by atoms with E-state index in [2.05, 4.69) is 14.7 Å². The Morgan fingerprint density at radius 3 is 2.78 bits per heavy atom. The molecule has 0 aliphatic rings. The highest BCUT2D eigenvalue weighted by Gasteiger charge is 2.38. The maximum atomic E-state index is 12.4. The predicted molar refractivity (Wildman–Crippen MR) is 75.6 cm³/mol. The molecule has 2 aromatic rings. The lowest BCUT2D eigenvalue weighted by Crippen LogP contribution is -2.26. The summed E-state index contributed by atoms with van der Waals surface area (Å²) in [6.07, 6.45) is -4.40. The molecular formula is C13H14F3N3O3S. The molecule has 0 fully saturated rings. The molecule has 0 saturated carbocycles. The summed E-state index contributed by atoms with van der Waals surface area (Å²) >= 11 is 1.20. The molecule has 0 bridgehead atoms. The molecule has 0 aliphatic carbocycles. The molecule has 0 radical (unpaired) electrons. The number of nitrogens with zero attached hydrogens (tertiary/aromatic N) is 3. The van der Waals surface area contributed by atoms with E-state index in [4.69, 9.17) is 4.74 Å². The zero-order valence-corrected chi connectivity index (χ0v) is 13.2. The van der Waals surface area contributed by atoms with Gasteiger partial charge in [-0.15, -0.1) is 11.3 Å². The first-order chi connectivity index (χ1) is 10.8. The standard InChI is InChI=1S/C13H14F3N3O3S/c1-19(10(20)5-6-21-2)7-8-3-4-9(23-8)11-17-12(22-18-11)13(14,15)16/h3-4H,5-7H2,1-2H3. The Kier molecular flexibility index (Phi) is 5.37. The minimum absolute atomic E-state index is 0.0827. The number of ether oxygens (including phenoxy) is 1. The summed E-state index contributed by atoms with van der Waals surface area (Å²) < 4.78 is 46.4. The number of alkyl halides is 3. The molecule has 0 atom stereocenters. The summed E-state index contributed by atoms with van der Waals surface area (Å²) in [6.45, 7) is 0.680. The lowest BCUT2D eigenvalue weighted by atomic mass is 10.3. The third-order valence-electron chi connectivity index (χ3n) is 2.89. The third-order valence-corrected chi connectivity index (χ3v) is 3.96. The lowest BCUT2D eigenvalue weighted by Gasteiger charge is -2.15. The van der Waals surface area contributed by atoms with Gasteiger partial charge in [-0.1, -0.05) is 5.16 Å². The van der Waals surface area contributed by atoms with Gasteiger partial charge in [0.2, 0.25) is 11.7 Å². The van der Waals surface area contributed by atoms with E-state index in [-0.39, 0.29) is 18.2 Å². The molecule has 10 heteroatoms. The summed E-state index contributed by atoms with van der Waals surface area (Å²) in [5, 5.41) is 3.33. The van der Waals surface area contributed by atoms with E-state index in [1.807, 2.05) is 0 Å². The number of methoxy groups -OCH3 is 1. The van der Waals surface area contributed by atoms with Crippen LogP contribution in [0.4, 0.5) is 13.2 Å². The Bertz CT molecular complexity index is 669. The number of thiophene rings is 1. The molecule has 0 aliphatic heterocycles. The average Bonchev–Trinajstić information content (AvgIpc) is 3.12. The molecule has 23 heavy (non-hydrogen) atoms. The zero-order chi connectivity index (χ0) is 17.0. The topological polar surface area (TPSA) is 68.5 Å². The fourth-order valence-corrected chi connectivity index (χ4v) is 2.71.